The summed E-state index contributed by atoms with van der Waals surface area (Å²) in [5.41, 5.74) is 2.65. The van der Waals surface area contributed by atoms with Crippen molar-refractivity contribution in [2.45, 2.75) is 37.5 Å². The zero-order valence-corrected chi connectivity index (χ0v) is 20.3. The highest BCUT2D eigenvalue weighted by Gasteiger charge is 2.60. The second-order valence-corrected chi connectivity index (χ2v) is 9.94. The molecule has 0 bridgehead atoms. The number of anilines is 1. The number of halogens is 2. The Labute approximate surface area is 211 Å². The van der Waals surface area contributed by atoms with Crippen molar-refractivity contribution < 1.29 is 43.6 Å². The van der Waals surface area contributed by atoms with E-state index >= 15 is 0 Å². The Hall–Kier alpha value is -3.51. The number of aromatic hydroxyl groups is 1. The number of ketones is 2. The summed E-state index contributed by atoms with van der Waals surface area (Å²) < 4.78 is 26.0. The molecule has 7 N–H and O–H groups in total. The predicted octanol–water partition coefficient (Wildman–Crippen LogP) is 0.887. The third-order valence-corrected chi connectivity index (χ3v) is 7.55. The van der Waals surface area contributed by atoms with Gasteiger partial charge in [0, 0.05) is 49.8 Å². The van der Waals surface area contributed by atoms with E-state index in [1.54, 1.807) is 25.1 Å². The van der Waals surface area contributed by atoms with Gasteiger partial charge in [-0.2, -0.15) is 0 Å². The first kappa shape index (κ1) is 26.6. The van der Waals surface area contributed by atoms with E-state index in [4.69, 9.17) is 5.73 Å². The number of carbonyl (C=O) groups is 3. The van der Waals surface area contributed by atoms with Crippen LogP contribution in [-0.4, -0.2) is 77.0 Å². The maximum atomic E-state index is 13.6. The van der Waals surface area contributed by atoms with Crippen LogP contribution in [0, 0.1) is 11.8 Å². The van der Waals surface area contributed by atoms with E-state index in [-0.39, 0.29) is 36.1 Å². The van der Waals surface area contributed by atoms with Crippen molar-refractivity contribution in [3.8, 4) is 5.75 Å². The number of benzene rings is 1. The van der Waals surface area contributed by atoms with Gasteiger partial charge in [-0.25, -0.2) is 8.78 Å². The molecule has 1 saturated carbocycles. The molecule has 10 nitrogen and oxygen atoms in total. The van der Waals surface area contributed by atoms with E-state index in [2.05, 4.69) is 5.32 Å². The number of amides is 1. The van der Waals surface area contributed by atoms with Gasteiger partial charge in [-0.15, -0.1) is 0 Å². The number of phenols is 1. The number of primary amides is 1. The van der Waals surface area contributed by atoms with Crippen molar-refractivity contribution in [2.75, 3.05) is 32.3 Å². The van der Waals surface area contributed by atoms with Crippen LogP contribution in [0.5, 0.6) is 5.75 Å². The second kappa shape index (κ2) is 9.42. The van der Waals surface area contributed by atoms with Gasteiger partial charge in [0.1, 0.15) is 36.2 Å². The van der Waals surface area contributed by atoms with E-state index in [1.807, 2.05) is 0 Å². The van der Waals surface area contributed by atoms with Gasteiger partial charge >= 0.3 is 0 Å². The summed E-state index contributed by atoms with van der Waals surface area (Å²) in [5, 5.41) is 47.0. The third-order valence-electron chi connectivity index (χ3n) is 7.55. The zero-order chi connectivity index (χ0) is 27.4. The fraction of sp³-hybridized carbons (Fsp3) is 0.480. The molecule has 0 aliphatic heterocycles. The number of phenolic OH excluding ortho intramolecular Hbond substituents is 1. The lowest BCUT2D eigenvalue weighted by Crippen LogP contribution is -2.58. The van der Waals surface area contributed by atoms with Crippen molar-refractivity contribution >= 4 is 28.9 Å². The summed E-state index contributed by atoms with van der Waals surface area (Å²) in [7, 11) is 3.45. The smallest absolute Gasteiger partial charge is 0.255 e. The summed E-state index contributed by atoms with van der Waals surface area (Å²) >= 11 is 0. The maximum absolute atomic E-state index is 13.6. The average Bonchev–Trinajstić information content (AvgIpc) is 2.82. The summed E-state index contributed by atoms with van der Waals surface area (Å²) in [6.07, 6.45) is -0.224. The summed E-state index contributed by atoms with van der Waals surface area (Å²) in [6.45, 7) is -2.08. The Kier molecular flexibility index (Phi) is 6.76. The molecule has 3 atom stereocenters. The summed E-state index contributed by atoms with van der Waals surface area (Å²) in [5.74, 6) is -7.07. The topological polar surface area (TPSA) is 173 Å². The first-order valence-electron chi connectivity index (χ1n) is 11.8. The van der Waals surface area contributed by atoms with Crippen LogP contribution in [-0.2, 0) is 27.3 Å². The number of carbonyl (C=O) groups excluding carboxylic acids is 3. The van der Waals surface area contributed by atoms with E-state index < -0.39 is 83.6 Å². The van der Waals surface area contributed by atoms with Gasteiger partial charge in [0.05, 0.1) is 11.6 Å². The van der Waals surface area contributed by atoms with Gasteiger partial charge in [-0.3, -0.25) is 14.4 Å². The van der Waals surface area contributed by atoms with Crippen LogP contribution in [0.15, 0.2) is 23.0 Å². The molecule has 1 aromatic carbocycles. The Balaban J connectivity index is 1.88. The lowest BCUT2D eigenvalue weighted by molar-refractivity contribution is -0.147. The van der Waals surface area contributed by atoms with Crippen LogP contribution in [0.2, 0.25) is 0 Å². The summed E-state index contributed by atoms with van der Waals surface area (Å²) in [6, 6.07) is 0.523. The van der Waals surface area contributed by atoms with Crippen LogP contribution in [0.25, 0.3) is 5.76 Å². The Morgan fingerprint density at radius 1 is 1.22 bits per heavy atom. The highest BCUT2D eigenvalue weighted by atomic mass is 19.1. The molecule has 3 aliphatic carbocycles. The number of rotatable bonds is 7. The SMILES string of the molecule is CN(C)c1cc(CNC(CF)CF)c(O)c2c1C[C@H]1C[C@H]3CC(=O)C(C(N)=O)=C(O)[C@@]3(O)C(=O)C1=C2O. The fourth-order valence-electron chi connectivity index (χ4n) is 5.66. The number of hydrogen-bond donors (Lipinski definition) is 6. The zero-order valence-electron chi connectivity index (χ0n) is 20.3. The molecule has 200 valence electrons. The standard InChI is InChI=1S/C25H29F2N3O7/c1-30(2)15-5-11(9-29-13(7-26)8-27)20(32)18-14(15)4-10-3-12-6-16(31)19(24(28)36)23(35)25(12,37)22(34)17(10)21(18)33/h5,10,12-13,29,32-33,35,37H,3-4,6-9H2,1-2H3,(H2,28,36)/t10-,12+,25+/m1/s1. The van der Waals surface area contributed by atoms with Gasteiger partial charge in [-0.1, -0.05) is 0 Å². The third kappa shape index (κ3) is 3.95. The highest BCUT2D eigenvalue weighted by Crippen LogP contribution is 2.53. The van der Waals surface area contributed by atoms with Gasteiger partial charge in [0.15, 0.2) is 11.4 Å². The van der Waals surface area contributed by atoms with Gasteiger partial charge in [0.2, 0.25) is 5.78 Å². The van der Waals surface area contributed by atoms with E-state index in [9.17, 15) is 43.6 Å². The summed E-state index contributed by atoms with van der Waals surface area (Å²) in [4.78, 5) is 39.5. The minimum absolute atomic E-state index is 0.0224. The second-order valence-electron chi connectivity index (χ2n) is 9.94. The average molecular weight is 522 g/mol. The van der Waals surface area contributed by atoms with Gasteiger partial charge in [-0.05, 0) is 30.4 Å². The minimum Gasteiger partial charge on any atom is -0.508 e. The molecule has 4 rings (SSSR count). The number of hydrogen-bond acceptors (Lipinski definition) is 9. The van der Waals surface area contributed by atoms with Crippen molar-refractivity contribution in [1.82, 2.24) is 5.32 Å². The number of fused-ring (bicyclic) bond motifs is 3. The molecule has 12 heteroatoms. The van der Waals surface area contributed by atoms with Crippen LogP contribution in [0.4, 0.5) is 14.5 Å². The first-order chi connectivity index (χ1) is 17.4. The molecule has 0 radical (unpaired) electrons. The monoisotopic (exact) mass is 521 g/mol. The Bertz CT molecular complexity index is 1260. The number of aliphatic hydroxyl groups is 3. The fourth-order valence-corrected chi connectivity index (χ4v) is 5.66. The van der Waals surface area contributed by atoms with Gasteiger partial charge in [0.25, 0.3) is 5.91 Å². The normalized spacial score (nSPS) is 25.2. The molecule has 0 spiro atoms. The number of Topliss-reactive ketones (excluding diaryl/α,β-unsaturated/α-hetero) is 2. The Morgan fingerprint density at radius 2 is 1.86 bits per heavy atom. The van der Waals surface area contributed by atoms with Crippen molar-refractivity contribution in [3.63, 3.8) is 0 Å². The quantitative estimate of drug-likeness (QED) is 0.285. The molecule has 1 fully saturated rings. The van der Waals surface area contributed by atoms with Crippen LogP contribution in [0.1, 0.15) is 29.5 Å². The first-order valence-corrected chi connectivity index (χ1v) is 11.8. The largest absolute Gasteiger partial charge is 0.508 e. The number of nitrogens with zero attached hydrogens (tertiary/aromatic N) is 1. The minimum atomic E-state index is -2.65. The number of alkyl halides is 2. The van der Waals surface area contributed by atoms with Crippen molar-refractivity contribution in [1.29, 1.82) is 0 Å². The van der Waals surface area contributed by atoms with Gasteiger partial charge < -0.3 is 36.4 Å². The number of nitrogens with two attached hydrogens (primary N) is 1. The molecule has 0 saturated heterocycles. The molecule has 3 aliphatic rings. The van der Waals surface area contributed by atoms with Crippen molar-refractivity contribution in [2.24, 2.45) is 17.6 Å². The number of aliphatic hydroxyl groups excluding tert-OH is 2. The molecular weight excluding hydrogens is 492 g/mol. The number of nitrogens with one attached hydrogen (secondary N) is 1. The lowest BCUT2D eigenvalue weighted by Gasteiger charge is -2.46. The highest BCUT2D eigenvalue weighted by molar-refractivity contribution is 6.22. The molecule has 1 aromatic rings. The van der Waals surface area contributed by atoms with E-state index in [0.29, 0.717) is 11.3 Å². The lowest BCUT2D eigenvalue weighted by atomic mass is 9.59. The molecule has 0 heterocycles. The van der Waals surface area contributed by atoms with Crippen LogP contribution < -0.4 is 16.0 Å². The van der Waals surface area contributed by atoms with Crippen molar-refractivity contribution in [3.05, 3.63) is 39.7 Å². The molecular formula is C25H29F2N3O7. The molecule has 37 heavy (non-hydrogen) atoms. The van der Waals surface area contributed by atoms with Crippen LogP contribution in [0.3, 0.4) is 0 Å². The molecule has 0 unspecified atom stereocenters. The molecule has 0 aromatic heterocycles. The predicted molar refractivity (Wildman–Crippen MR) is 128 cm³/mol. The Morgan fingerprint density at radius 3 is 2.43 bits per heavy atom. The van der Waals surface area contributed by atoms with E-state index in [0.717, 1.165) is 0 Å². The van der Waals surface area contributed by atoms with E-state index in [1.165, 1.54) is 0 Å². The van der Waals surface area contributed by atoms with Crippen LogP contribution >= 0.6 is 0 Å². The molecule has 1 amide bonds. The maximum Gasteiger partial charge on any atom is 0.255 e.